The van der Waals surface area contributed by atoms with Crippen LogP contribution in [0.5, 0.6) is 0 Å². The van der Waals surface area contributed by atoms with Crippen LogP contribution < -0.4 is 5.32 Å². The maximum absolute atomic E-state index is 13.0. The number of carbonyl (C=O) groups is 1. The molecule has 0 aromatic heterocycles. The fourth-order valence-corrected chi connectivity index (χ4v) is 9.11. The molecule has 3 N–H and O–H groups in total. The summed E-state index contributed by atoms with van der Waals surface area (Å²) in [7, 11) is 1.56. The number of unbranched alkanes of at least 4 members (excludes halogenated alkanes) is 35. The van der Waals surface area contributed by atoms with E-state index >= 15 is 0 Å². The predicted octanol–water partition coefficient (Wildman–Crippen LogP) is 17.0. The van der Waals surface area contributed by atoms with Crippen molar-refractivity contribution in [3.05, 3.63) is 36.5 Å². The van der Waals surface area contributed by atoms with E-state index in [0.717, 1.165) is 44.9 Å². The molecule has 0 saturated carbocycles. The predicted molar refractivity (Wildman–Crippen MR) is 286 cm³/mol. The molecule has 0 spiro atoms. The van der Waals surface area contributed by atoms with E-state index in [-0.39, 0.29) is 19.1 Å². The molecule has 0 aliphatic heterocycles. The maximum Gasteiger partial charge on any atom is 0.472 e. The van der Waals surface area contributed by atoms with Crippen molar-refractivity contribution in [2.75, 3.05) is 40.9 Å². The summed E-state index contributed by atoms with van der Waals surface area (Å²) in [5.74, 6) is -0.186. The van der Waals surface area contributed by atoms with E-state index in [2.05, 4.69) is 43.5 Å². The number of aliphatic hydroxyl groups excluding tert-OH is 1. The Hall–Kier alpha value is -1.28. The third-order valence-corrected chi connectivity index (χ3v) is 13.8. The van der Waals surface area contributed by atoms with Crippen molar-refractivity contribution >= 4 is 13.7 Å². The number of aliphatic hydroxyl groups is 1. The summed E-state index contributed by atoms with van der Waals surface area (Å²) in [5.41, 5.74) is 0. The second kappa shape index (κ2) is 48.7. The standard InChI is InChI=1S/C57H111N2O6P/c1-6-8-10-12-14-16-18-20-22-24-26-28-29-30-31-33-35-37-39-41-43-45-47-49-51-57(61)58-55(54-65-66(62,63)64-53-52-59(3,4)5)56(60)50-48-46-44-42-40-38-36-34-32-27-25-23-21-19-17-15-13-11-9-7-2/h32,34,40,42,48,50,55-56,60H,6-31,33,35-39,41,43-47,49,51-54H2,1-5H3,(H-,58,61,62,63)/p+1/b34-32+,42-40+,50-48+. The monoisotopic (exact) mass is 952 g/mol. The summed E-state index contributed by atoms with van der Waals surface area (Å²) in [4.78, 5) is 23.3. The van der Waals surface area contributed by atoms with Gasteiger partial charge in [-0.1, -0.05) is 256 Å². The topological polar surface area (TPSA) is 105 Å². The van der Waals surface area contributed by atoms with Gasteiger partial charge in [0, 0.05) is 6.42 Å². The van der Waals surface area contributed by atoms with Crippen molar-refractivity contribution in [3.8, 4) is 0 Å². The second-order valence-corrected chi connectivity index (χ2v) is 22.1. The Morgan fingerprint density at radius 3 is 1.21 bits per heavy atom. The molecule has 0 aliphatic carbocycles. The van der Waals surface area contributed by atoms with Crippen molar-refractivity contribution in [3.63, 3.8) is 0 Å². The third-order valence-electron chi connectivity index (χ3n) is 12.8. The van der Waals surface area contributed by atoms with Gasteiger partial charge >= 0.3 is 7.82 Å². The van der Waals surface area contributed by atoms with Crippen LogP contribution in [-0.2, 0) is 18.4 Å². The highest BCUT2D eigenvalue weighted by Gasteiger charge is 2.27. The molecule has 390 valence electrons. The Morgan fingerprint density at radius 1 is 0.500 bits per heavy atom. The van der Waals surface area contributed by atoms with Crippen LogP contribution in [0.2, 0.25) is 0 Å². The number of allylic oxidation sites excluding steroid dienone is 5. The summed E-state index contributed by atoms with van der Waals surface area (Å²) < 4.78 is 23.7. The molecule has 3 unspecified atom stereocenters. The molecule has 0 aromatic rings. The summed E-state index contributed by atoms with van der Waals surface area (Å²) >= 11 is 0. The summed E-state index contributed by atoms with van der Waals surface area (Å²) in [6.45, 7) is 4.82. The molecule has 3 atom stereocenters. The van der Waals surface area contributed by atoms with Crippen molar-refractivity contribution in [1.29, 1.82) is 0 Å². The number of carbonyl (C=O) groups excluding carboxylic acids is 1. The first kappa shape index (κ1) is 64.7. The molecule has 0 aliphatic rings. The molecule has 9 heteroatoms. The molecule has 0 radical (unpaired) electrons. The lowest BCUT2D eigenvalue weighted by molar-refractivity contribution is -0.870. The molecule has 0 aromatic carbocycles. The van der Waals surface area contributed by atoms with Gasteiger partial charge in [0.15, 0.2) is 0 Å². The summed E-state index contributed by atoms with van der Waals surface area (Å²) in [6.07, 6.45) is 62.5. The highest BCUT2D eigenvalue weighted by molar-refractivity contribution is 7.47. The minimum Gasteiger partial charge on any atom is -0.387 e. The van der Waals surface area contributed by atoms with Gasteiger partial charge in [0.05, 0.1) is 39.9 Å². The number of phosphoric ester groups is 1. The van der Waals surface area contributed by atoms with Gasteiger partial charge in [-0.05, 0) is 44.9 Å². The van der Waals surface area contributed by atoms with Gasteiger partial charge in [-0.2, -0.15) is 0 Å². The lowest BCUT2D eigenvalue weighted by atomic mass is 10.0. The van der Waals surface area contributed by atoms with Crippen molar-refractivity contribution in [1.82, 2.24) is 5.32 Å². The van der Waals surface area contributed by atoms with E-state index in [1.54, 1.807) is 6.08 Å². The molecule has 1 amide bonds. The second-order valence-electron chi connectivity index (χ2n) is 20.7. The number of rotatable bonds is 52. The molecule has 0 heterocycles. The Labute approximate surface area is 410 Å². The number of hydrogen-bond acceptors (Lipinski definition) is 5. The first-order valence-electron chi connectivity index (χ1n) is 28.4. The molecule has 8 nitrogen and oxygen atoms in total. The number of amides is 1. The lowest BCUT2D eigenvalue weighted by Crippen LogP contribution is -2.45. The first-order valence-corrected chi connectivity index (χ1v) is 29.9. The Bertz CT molecular complexity index is 1170. The van der Waals surface area contributed by atoms with Gasteiger partial charge in [0.2, 0.25) is 5.91 Å². The van der Waals surface area contributed by atoms with Crippen LogP contribution in [0.1, 0.15) is 271 Å². The number of phosphoric acid groups is 1. The SMILES string of the molecule is CCCCCCCCCCCC/C=C/CC/C=C/CC/C=C/C(O)C(COP(=O)(O)OCC[N+](C)(C)C)NC(=O)CCCCCCCCCCCCCCCCCCCCCCCCCC. The van der Waals surface area contributed by atoms with E-state index in [1.807, 2.05) is 27.2 Å². The first-order chi connectivity index (χ1) is 32.0. The molecule has 0 rings (SSSR count). The minimum absolute atomic E-state index is 0.0551. The normalized spacial score (nSPS) is 14.2. The van der Waals surface area contributed by atoms with Crippen LogP contribution in [0.4, 0.5) is 0 Å². The molecule has 0 fully saturated rings. The number of nitrogens with zero attached hydrogens (tertiary/aromatic N) is 1. The fraction of sp³-hybridized carbons (Fsp3) is 0.877. The largest absolute Gasteiger partial charge is 0.472 e. The maximum atomic E-state index is 13.0. The van der Waals surface area contributed by atoms with Crippen molar-refractivity contribution in [2.45, 2.75) is 283 Å². The van der Waals surface area contributed by atoms with Gasteiger partial charge < -0.3 is 19.8 Å². The van der Waals surface area contributed by atoms with Gasteiger partial charge in [0.1, 0.15) is 13.2 Å². The fourth-order valence-electron chi connectivity index (χ4n) is 8.37. The van der Waals surface area contributed by atoms with E-state index in [4.69, 9.17) is 9.05 Å². The Balaban J connectivity index is 4.26. The number of hydrogen-bond donors (Lipinski definition) is 3. The lowest BCUT2D eigenvalue weighted by Gasteiger charge is -2.25. The van der Waals surface area contributed by atoms with Crippen LogP contribution in [0.25, 0.3) is 0 Å². The number of nitrogens with one attached hydrogen (secondary N) is 1. The zero-order chi connectivity index (χ0) is 48.5. The smallest absolute Gasteiger partial charge is 0.387 e. The molecule has 0 bridgehead atoms. The quantitative estimate of drug-likeness (QED) is 0.0243. The van der Waals surface area contributed by atoms with Gasteiger partial charge in [-0.3, -0.25) is 13.8 Å². The summed E-state index contributed by atoms with van der Waals surface area (Å²) in [6, 6.07) is -0.867. The van der Waals surface area contributed by atoms with E-state index in [0.29, 0.717) is 17.4 Å². The Kier molecular flexibility index (Phi) is 47.8. The van der Waals surface area contributed by atoms with Crippen LogP contribution in [0.3, 0.4) is 0 Å². The minimum atomic E-state index is -4.36. The molecular formula is C57H112N2O6P+. The molecule has 0 saturated heterocycles. The number of quaternary nitrogens is 1. The van der Waals surface area contributed by atoms with Crippen molar-refractivity contribution in [2.24, 2.45) is 0 Å². The third kappa shape index (κ3) is 50.6. The van der Waals surface area contributed by atoms with Crippen molar-refractivity contribution < 1.29 is 32.9 Å². The highest BCUT2D eigenvalue weighted by atomic mass is 31.2. The summed E-state index contributed by atoms with van der Waals surface area (Å²) in [5, 5.41) is 13.9. The van der Waals surface area contributed by atoms with Crippen LogP contribution in [-0.4, -0.2) is 73.4 Å². The average molecular weight is 953 g/mol. The zero-order valence-corrected chi connectivity index (χ0v) is 45.3. The van der Waals surface area contributed by atoms with E-state index in [1.165, 1.54) is 205 Å². The van der Waals surface area contributed by atoms with Crippen LogP contribution in [0, 0.1) is 0 Å². The van der Waals surface area contributed by atoms with E-state index in [9.17, 15) is 19.4 Å². The number of likely N-dealkylation sites (N-methyl/N-ethyl adjacent to an activating group) is 1. The van der Waals surface area contributed by atoms with Gasteiger partial charge in [0.25, 0.3) is 0 Å². The molecular weight excluding hydrogens is 840 g/mol. The zero-order valence-electron chi connectivity index (χ0n) is 44.4. The Morgan fingerprint density at radius 2 is 0.833 bits per heavy atom. The van der Waals surface area contributed by atoms with Gasteiger partial charge in [-0.25, -0.2) is 4.57 Å². The average Bonchev–Trinajstić information content (AvgIpc) is 3.28. The molecule has 66 heavy (non-hydrogen) atoms. The highest BCUT2D eigenvalue weighted by Crippen LogP contribution is 2.43. The van der Waals surface area contributed by atoms with Gasteiger partial charge in [-0.15, -0.1) is 0 Å². The van der Waals surface area contributed by atoms with E-state index < -0.39 is 20.0 Å². The van der Waals surface area contributed by atoms with Crippen LogP contribution in [0.15, 0.2) is 36.5 Å². The van der Waals surface area contributed by atoms with Crippen LogP contribution >= 0.6 is 7.82 Å².